The summed E-state index contributed by atoms with van der Waals surface area (Å²) in [5.74, 6) is 4.79. The van der Waals surface area contributed by atoms with Crippen LogP contribution in [-0.2, 0) is 7.05 Å². The molecule has 0 unspecified atom stereocenters. The number of pyridine rings is 1. The van der Waals surface area contributed by atoms with Gasteiger partial charge in [-0.3, -0.25) is 9.48 Å². The van der Waals surface area contributed by atoms with Crippen molar-refractivity contribution in [3.05, 3.63) is 47.0 Å². The largest absolute Gasteiger partial charge is 0.446 e. The first-order valence-electron chi connectivity index (χ1n) is 7.43. The van der Waals surface area contributed by atoms with Crippen molar-refractivity contribution in [1.82, 2.24) is 24.7 Å². The number of fused-ring (bicyclic) bond motifs is 1. The number of amides is 1. The summed E-state index contributed by atoms with van der Waals surface area (Å²) in [5.41, 5.74) is -4.02. The second-order valence-electron chi connectivity index (χ2n) is 5.26. The number of hydrogen-bond acceptors (Lipinski definition) is 4. The minimum absolute atomic E-state index is 0.0640. The van der Waals surface area contributed by atoms with Gasteiger partial charge in [0.25, 0.3) is 5.91 Å². The van der Waals surface area contributed by atoms with E-state index in [0.717, 1.165) is 0 Å². The molecule has 27 heavy (non-hydrogen) atoms. The van der Waals surface area contributed by atoms with Crippen LogP contribution in [-0.4, -0.2) is 37.4 Å². The number of nitrogens with zero attached hydrogens (tertiary/aromatic N) is 4. The molecule has 0 fully saturated rings. The maximum Gasteiger partial charge on any atom is 0.446 e. The van der Waals surface area contributed by atoms with E-state index in [2.05, 4.69) is 27.4 Å². The fraction of sp³-hybridized carbons (Fsp3) is 0.188. The van der Waals surface area contributed by atoms with E-state index in [-0.39, 0.29) is 45.5 Å². The molecule has 0 radical (unpaired) electrons. The van der Waals surface area contributed by atoms with Gasteiger partial charge in [-0.1, -0.05) is 23.6 Å². The number of aryl methyl sites for hydroxylation is 1. The lowest BCUT2D eigenvalue weighted by Gasteiger charge is -2.04. The second kappa shape index (κ2) is 7.54. The van der Waals surface area contributed by atoms with Crippen LogP contribution < -0.4 is 5.32 Å². The van der Waals surface area contributed by atoms with Crippen molar-refractivity contribution < 1.29 is 18.0 Å². The smallest absolute Gasteiger partial charge is 0.341 e. The van der Waals surface area contributed by atoms with E-state index in [9.17, 15) is 18.0 Å². The van der Waals surface area contributed by atoms with Crippen LogP contribution in [0.2, 0.25) is 5.15 Å². The van der Waals surface area contributed by atoms with Crippen LogP contribution in [0.1, 0.15) is 16.1 Å². The molecule has 0 aromatic carbocycles. The zero-order valence-electron chi connectivity index (χ0n) is 13.7. The number of carbonyl (C=O) groups is 1. The highest BCUT2D eigenvalue weighted by Gasteiger charge is 2.32. The van der Waals surface area contributed by atoms with Gasteiger partial charge < -0.3 is 5.32 Å². The molecule has 0 atom stereocenters. The number of carbonyl (C=O) groups excluding carboxylic acids is 1. The van der Waals surface area contributed by atoms with E-state index in [1.807, 2.05) is 0 Å². The molecular formula is C16H11ClF3N5OS. The summed E-state index contributed by atoms with van der Waals surface area (Å²) < 4.78 is 41.3. The van der Waals surface area contributed by atoms with Crippen molar-refractivity contribution in [2.45, 2.75) is 10.4 Å². The van der Waals surface area contributed by atoms with Crippen molar-refractivity contribution in [3.8, 4) is 11.8 Å². The molecule has 0 saturated heterocycles. The van der Waals surface area contributed by atoms with E-state index >= 15 is 0 Å². The van der Waals surface area contributed by atoms with Gasteiger partial charge in [0, 0.05) is 13.2 Å². The van der Waals surface area contributed by atoms with Gasteiger partial charge in [-0.25, -0.2) is 4.52 Å². The Kier molecular flexibility index (Phi) is 5.34. The molecule has 0 bridgehead atoms. The van der Waals surface area contributed by atoms with Crippen LogP contribution in [0.4, 0.5) is 13.2 Å². The number of hydrogen-bond donors (Lipinski definition) is 1. The SMILES string of the molecule is Cn1cc(C(=O)NCC#Cc2nn3c(Cl)cccc3c2SC(F)(F)F)cn1. The number of nitrogens with one attached hydrogen (secondary N) is 1. The quantitative estimate of drug-likeness (QED) is 0.407. The molecule has 3 aromatic rings. The highest BCUT2D eigenvalue weighted by molar-refractivity contribution is 8.00. The van der Waals surface area contributed by atoms with E-state index in [0.29, 0.717) is 5.56 Å². The minimum Gasteiger partial charge on any atom is -0.341 e. The normalized spacial score (nSPS) is 11.3. The summed E-state index contributed by atoms with van der Waals surface area (Å²) in [6, 6.07) is 4.52. The standard InChI is InChI=1S/C16H11ClF3N5OS/c1-24-9-10(8-22-24)15(26)21-7-3-4-11-14(27-16(18,19)20)12-5-2-6-13(17)25(12)23-11/h2,5-6,8-9H,7H2,1H3,(H,21,26). The Bertz CT molecular complexity index is 1060. The van der Waals surface area contributed by atoms with E-state index in [1.54, 1.807) is 7.05 Å². The van der Waals surface area contributed by atoms with Crippen LogP contribution in [0, 0.1) is 11.8 Å². The number of aromatic nitrogens is 4. The summed E-state index contributed by atoms with van der Waals surface area (Å²) in [4.78, 5) is 11.7. The third-order valence-corrected chi connectivity index (χ3v) is 4.42. The van der Waals surface area contributed by atoms with Crippen LogP contribution in [0.5, 0.6) is 0 Å². The van der Waals surface area contributed by atoms with Crippen molar-refractivity contribution in [2.24, 2.45) is 7.05 Å². The fourth-order valence-electron chi connectivity index (χ4n) is 2.21. The third kappa shape index (κ3) is 4.56. The van der Waals surface area contributed by atoms with Crippen LogP contribution in [0.3, 0.4) is 0 Å². The molecule has 0 saturated carbocycles. The molecule has 3 rings (SSSR count). The summed E-state index contributed by atoms with van der Waals surface area (Å²) in [5, 5.41) is 10.6. The van der Waals surface area contributed by atoms with Crippen LogP contribution >= 0.6 is 23.4 Å². The molecule has 11 heteroatoms. The minimum atomic E-state index is -4.50. The zero-order valence-corrected chi connectivity index (χ0v) is 15.3. The fourth-order valence-corrected chi connectivity index (χ4v) is 3.09. The first kappa shape index (κ1) is 19.1. The van der Waals surface area contributed by atoms with E-state index in [1.165, 1.54) is 39.8 Å². The molecule has 1 N–H and O–H groups in total. The van der Waals surface area contributed by atoms with Crippen molar-refractivity contribution in [2.75, 3.05) is 6.54 Å². The van der Waals surface area contributed by atoms with Gasteiger partial charge >= 0.3 is 5.51 Å². The van der Waals surface area contributed by atoms with Gasteiger partial charge in [-0.2, -0.15) is 23.4 Å². The molecule has 6 nitrogen and oxygen atoms in total. The van der Waals surface area contributed by atoms with Gasteiger partial charge in [-0.15, -0.1) is 0 Å². The molecule has 3 aromatic heterocycles. The average molecular weight is 414 g/mol. The van der Waals surface area contributed by atoms with Crippen LogP contribution in [0.25, 0.3) is 5.52 Å². The molecule has 0 aliphatic heterocycles. The van der Waals surface area contributed by atoms with E-state index < -0.39 is 5.51 Å². The van der Waals surface area contributed by atoms with Crippen molar-refractivity contribution in [3.63, 3.8) is 0 Å². The monoisotopic (exact) mass is 413 g/mol. The second-order valence-corrected chi connectivity index (χ2v) is 6.72. The Morgan fingerprint density at radius 3 is 2.85 bits per heavy atom. The van der Waals surface area contributed by atoms with E-state index in [4.69, 9.17) is 11.6 Å². The Morgan fingerprint density at radius 2 is 2.19 bits per heavy atom. The lowest BCUT2D eigenvalue weighted by atomic mass is 10.3. The van der Waals surface area contributed by atoms with Gasteiger partial charge in [0.1, 0.15) is 10.8 Å². The zero-order chi connectivity index (χ0) is 19.6. The molecule has 1 amide bonds. The number of halogens is 4. The van der Waals surface area contributed by atoms with Gasteiger partial charge in [-0.05, 0) is 29.8 Å². The topological polar surface area (TPSA) is 64.2 Å². The first-order valence-corrected chi connectivity index (χ1v) is 8.63. The van der Waals surface area contributed by atoms with Crippen molar-refractivity contribution >= 4 is 34.8 Å². The van der Waals surface area contributed by atoms with Gasteiger partial charge in [0.15, 0.2) is 0 Å². The molecule has 0 spiro atoms. The summed E-state index contributed by atoms with van der Waals surface area (Å²) >= 11 is 5.68. The maximum absolute atomic E-state index is 12.9. The molecule has 140 valence electrons. The Morgan fingerprint density at radius 1 is 1.41 bits per heavy atom. The molecule has 0 aliphatic rings. The number of alkyl halides is 3. The predicted molar refractivity (Wildman–Crippen MR) is 94.5 cm³/mol. The Balaban J connectivity index is 1.82. The van der Waals surface area contributed by atoms with Gasteiger partial charge in [0.2, 0.25) is 0 Å². The molecule has 3 heterocycles. The maximum atomic E-state index is 12.9. The third-order valence-electron chi connectivity index (χ3n) is 3.30. The van der Waals surface area contributed by atoms with Gasteiger partial charge in [0.05, 0.1) is 28.7 Å². The lowest BCUT2D eigenvalue weighted by Crippen LogP contribution is -2.23. The Labute approximate surface area is 160 Å². The highest BCUT2D eigenvalue weighted by Crippen LogP contribution is 2.41. The molecule has 0 aliphatic carbocycles. The number of thioether (sulfide) groups is 1. The van der Waals surface area contributed by atoms with Crippen molar-refractivity contribution in [1.29, 1.82) is 0 Å². The first-order chi connectivity index (χ1) is 12.7. The average Bonchev–Trinajstić information content (AvgIpc) is 3.16. The predicted octanol–water partition coefficient (Wildman–Crippen LogP) is 3.11. The lowest BCUT2D eigenvalue weighted by molar-refractivity contribution is -0.0327. The summed E-state index contributed by atoms with van der Waals surface area (Å²) in [7, 11) is 1.67. The Hall–Kier alpha value is -2.64. The highest BCUT2D eigenvalue weighted by atomic mass is 35.5. The summed E-state index contributed by atoms with van der Waals surface area (Å²) in [6.45, 7) is -0.0640. The molecular weight excluding hydrogens is 403 g/mol. The summed E-state index contributed by atoms with van der Waals surface area (Å²) in [6.07, 6.45) is 2.93. The van der Waals surface area contributed by atoms with Crippen LogP contribution in [0.15, 0.2) is 35.5 Å². The number of rotatable bonds is 3.